The summed E-state index contributed by atoms with van der Waals surface area (Å²) in [5.41, 5.74) is 10.1. The molecule has 4 heteroatoms. The molecule has 0 spiro atoms. The number of thioether (sulfide) groups is 1. The van der Waals surface area contributed by atoms with Gasteiger partial charge in [-0.25, -0.2) is 0 Å². The van der Waals surface area contributed by atoms with Crippen LogP contribution in [0.25, 0.3) is 0 Å². The van der Waals surface area contributed by atoms with Gasteiger partial charge in [-0.05, 0) is 48.7 Å². The van der Waals surface area contributed by atoms with Crippen LogP contribution in [-0.4, -0.2) is 11.0 Å². The van der Waals surface area contributed by atoms with Crippen molar-refractivity contribution >= 4 is 17.6 Å². The van der Waals surface area contributed by atoms with Gasteiger partial charge in [-0.2, -0.15) is 0 Å². The Morgan fingerprint density at radius 2 is 1.95 bits per heavy atom. The van der Waals surface area contributed by atoms with E-state index in [0.717, 1.165) is 16.9 Å². The summed E-state index contributed by atoms with van der Waals surface area (Å²) < 4.78 is 0. The first-order valence-electron chi connectivity index (χ1n) is 6.37. The molecule has 0 aromatic heterocycles. The zero-order valence-electron chi connectivity index (χ0n) is 11.6. The minimum Gasteiger partial charge on any atom is -0.409 e. The Labute approximate surface area is 123 Å². The maximum Gasteiger partial charge on any atom is 0.170 e. The number of oxime groups is 1. The van der Waals surface area contributed by atoms with Crippen LogP contribution < -0.4 is 5.73 Å². The highest BCUT2D eigenvalue weighted by atomic mass is 32.2. The number of nitrogens with two attached hydrogens (primary N) is 1. The lowest BCUT2D eigenvalue weighted by Crippen LogP contribution is -2.13. The van der Waals surface area contributed by atoms with Crippen molar-refractivity contribution in [1.82, 2.24) is 0 Å². The van der Waals surface area contributed by atoms with Crippen molar-refractivity contribution < 1.29 is 5.21 Å². The van der Waals surface area contributed by atoms with Crippen molar-refractivity contribution in [2.75, 3.05) is 0 Å². The van der Waals surface area contributed by atoms with Gasteiger partial charge < -0.3 is 10.9 Å². The Kier molecular flexibility index (Phi) is 4.69. The van der Waals surface area contributed by atoms with Crippen LogP contribution in [0, 0.1) is 13.8 Å². The number of nitrogens with zero attached hydrogens (tertiary/aromatic N) is 1. The second-order valence-electron chi connectivity index (χ2n) is 4.72. The average Bonchev–Trinajstić information content (AvgIpc) is 2.48. The SMILES string of the molecule is Cc1ccc(SCc2cccc(/C(N)=N/O)c2)cc1C. The smallest absolute Gasteiger partial charge is 0.170 e. The fourth-order valence-corrected chi connectivity index (χ4v) is 2.79. The van der Waals surface area contributed by atoms with Crippen LogP contribution in [0.3, 0.4) is 0 Å². The van der Waals surface area contributed by atoms with Gasteiger partial charge in [0, 0.05) is 16.2 Å². The zero-order valence-corrected chi connectivity index (χ0v) is 12.4. The fraction of sp³-hybridized carbons (Fsp3) is 0.188. The summed E-state index contributed by atoms with van der Waals surface area (Å²) in [4.78, 5) is 1.25. The van der Waals surface area contributed by atoms with Crippen molar-refractivity contribution in [3.8, 4) is 0 Å². The van der Waals surface area contributed by atoms with E-state index in [-0.39, 0.29) is 5.84 Å². The first-order chi connectivity index (χ1) is 9.60. The molecular weight excluding hydrogens is 268 g/mol. The predicted octanol–water partition coefficient (Wildman–Crippen LogP) is 3.69. The number of aryl methyl sites for hydroxylation is 2. The monoisotopic (exact) mass is 286 g/mol. The van der Waals surface area contributed by atoms with E-state index in [0.29, 0.717) is 0 Å². The molecule has 0 aliphatic heterocycles. The quantitative estimate of drug-likeness (QED) is 0.296. The van der Waals surface area contributed by atoms with E-state index in [1.54, 1.807) is 11.8 Å². The Balaban J connectivity index is 2.09. The normalized spacial score (nSPS) is 11.6. The third-order valence-corrected chi connectivity index (χ3v) is 4.28. The van der Waals surface area contributed by atoms with E-state index in [9.17, 15) is 0 Å². The zero-order chi connectivity index (χ0) is 14.5. The number of hydrogen-bond acceptors (Lipinski definition) is 3. The van der Waals surface area contributed by atoms with Crippen LogP contribution in [0.2, 0.25) is 0 Å². The molecule has 2 aromatic rings. The summed E-state index contributed by atoms with van der Waals surface area (Å²) in [6.07, 6.45) is 0. The van der Waals surface area contributed by atoms with E-state index in [1.165, 1.54) is 16.0 Å². The highest BCUT2D eigenvalue weighted by Crippen LogP contribution is 2.25. The predicted molar refractivity (Wildman–Crippen MR) is 84.4 cm³/mol. The lowest BCUT2D eigenvalue weighted by Gasteiger charge is -2.06. The van der Waals surface area contributed by atoms with Crippen molar-refractivity contribution in [2.45, 2.75) is 24.5 Å². The van der Waals surface area contributed by atoms with Gasteiger partial charge in [0.05, 0.1) is 0 Å². The molecule has 104 valence electrons. The lowest BCUT2D eigenvalue weighted by molar-refractivity contribution is 0.318. The Morgan fingerprint density at radius 3 is 2.65 bits per heavy atom. The van der Waals surface area contributed by atoms with Crippen LogP contribution in [0.1, 0.15) is 22.3 Å². The van der Waals surface area contributed by atoms with Gasteiger partial charge in [-0.15, -0.1) is 11.8 Å². The maximum atomic E-state index is 8.70. The molecule has 0 saturated carbocycles. The average molecular weight is 286 g/mol. The lowest BCUT2D eigenvalue weighted by atomic mass is 10.1. The molecule has 20 heavy (non-hydrogen) atoms. The van der Waals surface area contributed by atoms with Crippen LogP contribution in [0.15, 0.2) is 52.5 Å². The summed E-state index contributed by atoms with van der Waals surface area (Å²) in [5, 5.41) is 11.7. The van der Waals surface area contributed by atoms with Crippen molar-refractivity contribution in [3.05, 3.63) is 64.7 Å². The molecule has 0 aliphatic carbocycles. The Hall–Kier alpha value is -1.94. The maximum absolute atomic E-state index is 8.70. The van der Waals surface area contributed by atoms with Crippen molar-refractivity contribution in [2.24, 2.45) is 10.9 Å². The van der Waals surface area contributed by atoms with E-state index < -0.39 is 0 Å². The summed E-state index contributed by atoms with van der Waals surface area (Å²) in [6.45, 7) is 4.24. The molecule has 0 bridgehead atoms. The summed E-state index contributed by atoms with van der Waals surface area (Å²) in [7, 11) is 0. The Morgan fingerprint density at radius 1 is 1.15 bits per heavy atom. The summed E-state index contributed by atoms with van der Waals surface area (Å²) in [6, 6.07) is 14.2. The van der Waals surface area contributed by atoms with Gasteiger partial charge in [0.25, 0.3) is 0 Å². The molecule has 2 rings (SSSR count). The fourth-order valence-electron chi connectivity index (χ4n) is 1.85. The van der Waals surface area contributed by atoms with Gasteiger partial charge in [0.2, 0.25) is 0 Å². The van der Waals surface area contributed by atoms with Crippen LogP contribution >= 0.6 is 11.8 Å². The minimum atomic E-state index is 0.142. The Bertz CT molecular complexity index is 638. The van der Waals surface area contributed by atoms with Crippen LogP contribution in [0.5, 0.6) is 0 Å². The molecule has 0 saturated heterocycles. The molecule has 0 fully saturated rings. The van der Waals surface area contributed by atoms with Gasteiger partial charge in [0.1, 0.15) is 0 Å². The summed E-state index contributed by atoms with van der Waals surface area (Å²) in [5.74, 6) is 0.998. The third kappa shape index (κ3) is 3.54. The topological polar surface area (TPSA) is 58.6 Å². The molecule has 0 heterocycles. The molecule has 3 nitrogen and oxygen atoms in total. The van der Waals surface area contributed by atoms with E-state index in [1.807, 2.05) is 24.3 Å². The molecule has 0 radical (unpaired) electrons. The number of benzene rings is 2. The molecular formula is C16H18N2OS. The van der Waals surface area contributed by atoms with Gasteiger partial charge >= 0.3 is 0 Å². The molecule has 2 aromatic carbocycles. The van der Waals surface area contributed by atoms with Crippen LogP contribution in [-0.2, 0) is 5.75 Å². The highest BCUT2D eigenvalue weighted by molar-refractivity contribution is 7.98. The molecule has 0 atom stereocenters. The standard InChI is InChI=1S/C16H18N2OS/c1-11-6-7-15(8-12(11)2)20-10-13-4-3-5-14(9-13)16(17)18-19/h3-9,19H,10H2,1-2H3,(H2,17,18). The third-order valence-electron chi connectivity index (χ3n) is 3.21. The van der Waals surface area contributed by atoms with Crippen LogP contribution in [0.4, 0.5) is 0 Å². The first kappa shape index (κ1) is 14.5. The minimum absolute atomic E-state index is 0.142. The van der Waals surface area contributed by atoms with E-state index in [2.05, 4.69) is 37.2 Å². The molecule has 0 amide bonds. The second kappa shape index (κ2) is 6.48. The first-order valence-corrected chi connectivity index (χ1v) is 7.35. The molecule has 0 aliphatic rings. The van der Waals surface area contributed by atoms with E-state index >= 15 is 0 Å². The largest absolute Gasteiger partial charge is 0.409 e. The van der Waals surface area contributed by atoms with E-state index in [4.69, 9.17) is 10.9 Å². The molecule has 0 unspecified atom stereocenters. The second-order valence-corrected chi connectivity index (χ2v) is 5.77. The summed E-state index contributed by atoms with van der Waals surface area (Å²) >= 11 is 1.78. The van der Waals surface area contributed by atoms with Gasteiger partial charge in [-0.3, -0.25) is 0 Å². The number of amidine groups is 1. The molecule has 3 N–H and O–H groups in total. The van der Waals surface area contributed by atoms with Gasteiger partial charge in [0.15, 0.2) is 5.84 Å². The highest BCUT2D eigenvalue weighted by Gasteiger charge is 2.02. The van der Waals surface area contributed by atoms with Crippen molar-refractivity contribution in [3.63, 3.8) is 0 Å². The number of hydrogen-bond donors (Lipinski definition) is 2. The van der Waals surface area contributed by atoms with Crippen molar-refractivity contribution in [1.29, 1.82) is 0 Å². The van der Waals surface area contributed by atoms with Gasteiger partial charge in [-0.1, -0.05) is 29.4 Å². The number of rotatable bonds is 4.